The maximum absolute atomic E-state index is 12.0. The molecule has 1 unspecified atom stereocenters. The van der Waals surface area contributed by atoms with Gasteiger partial charge in [-0.15, -0.1) is 0 Å². The third-order valence-electron chi connectivity index (χ3n) is 3.00. The molecule has 2 rings (SSSR count). The van der Waals surface area contributed by atoms with E-state index in [2.05, 4.69) is 21.2 Å². The van der Waals surface area contributed by atoms with Crippen LogP contribution < -0.4 is 5.32 Å². The van der Waals surface area contributed by atoms with Crippen LogP contribution >= 0.6 is 15.9 Å². The molecule has 1 aromatic carbocycles. The number of carbonyl (C=O) groups excluding carboxylic acids is 1. The van der Waals surface area contributed by atoms with E-state index in [1.807, 2.05) is 19.1 Å². The van der Waals surface area contributed by atoms with Gasteiger partial charge >= 0.3 is 5.97 Å². The summed E-state index contributed by atoms with van der Waals surface area (Å²) in [5.74, 6) is -1.49. The van der Waals surface area contributed by atoms with Crippen molar-refractivity contribution in [3.05, 3.63) is 34.0 Å². The molecule has 1 aromatic heterocycles. The maximum atomic E-state index is 12.0. The molecule has 0 radical (unpaired) electrons. The van der Waals surface area contributed by atoms with Gasteiger partial charge in [0.2, 0.25) is 0 Å². The molecule has 21 heavy (non-hydrogen) atoms. The maximum Gasteiger partial charge on any atom is 0.334 e. The first-order valence-corrected chi connectivity index (χ1v) is 6.95. The van der Waals surface area contributed by atoms with Crippen molar-refractivity contribution < 1.29 is 23.8 Å². The number of carbonyl (C=O) groups is 2. The number of fused-ring (bicyclic) bond motifs is 1. The first-order valence-electron chi connectivity index (χ1n) is 6.16. The molecular formula is C14H14BrNO5. The number of hydrogen-bond acceptors (Lipinski definition) is 4. The Labute approximate surface area is 129 Å². The normalized spacial score (nSPS) is 12.3. The zero-order valence-corrected chi connectivity index (χ0v) is 13.1. The lowest BCUT2D eigenvalue weighted by Crippen LogP contribution is -2.37. The van der Waals surface area contributed by atoms with Gasteiger partial charge in [0.15, 0.2) is 11.9 Å². The van der Waals surface area contributed by atoms with Crippen LogP contribution in [-0.2, 0) is 9.53 Å². The minimum absolute atomic E-state index is 0.131. The fourth-order valence-electron chi connectivity index (χ4n) is 1.94. The Bertz CT molecular complexity index is 694. The number of halogens is 1. The molecule has 1 atom stereocenters. The van der Waals surface area contributed by atoms with Crippen molar-refractivity contribution in [1.82, 2.24) is 5.32 Å². The molecule has 0 aliphatic heterocycles. The highest BCUT2D eigenvalue weighted by Gasteiger charge is 2.19. The minimum atomic E-state index is -1.14. The summed E-state index contributed by atoms with van der Waals surface area (Å²) in [5, 5.41) is 12.1. The lowest BCUT2D eigenvalue weighted by Gasteiger charge is -2.10. The summed E-state index contributed by atoms with van der Waals surface area (Å²) in [7, 11) is 1.27. The van der Waals surface area contributed by atoms with Crippen LogP contribution in [0.3, 0.4) is 0 Å². The Hall–Kier alpha value is -1.86. The van der Waals surface area contributed by atoms with Crippen molar-refractivity contribution in [2.75, 3.05) is 13.7 Å². The molecule has 0 aliphatic carbocycles. The Morgan fingerprint density at radius 3 is 2.76 bits per heavy atom. The second-order valence-corrected chi connectivity index (χ2v) is 5.44. The summed E-state index contributed by atoms with van der Waals surface area (Å²) in [6.45, 7) is 1.74. The van der Waals surface area contributed by atoms with Gasteiger partial charge in [-0.2, -0.15) is 0 Å². The average Bonchev–Trinajstić information content (AvgIpc) is 2.83. The van der Waals surface area contributed by atoms with Gasteiger partial charge in [-0.3, -0.25) is 4.79 Å². The quantitative estimate of drug-likeness (QED) is 0.859. The fraction of sp³-hybridized carbons (Fsp3) is 0.286. The number of hydrogen-bond donors (Lipinski definition) is 2. The molecule has 0 aliphatic rings. The van der Waals surface area contributed by atoms with E-state index in [9.17, 15) is 9.59 Å². The van der Waals surface area contributed by atoms with Gasteiger partial charge < -0.3 is 19.6 Å². The first-order chi connectivity index (χ1) is 9.92. The Balaban J connectivity index is 2.16. The van der Waals surface area contributed by atoms with Crippen molar-refractivity contribution in [3.63, 3.8) is 0 Å². The second-order valence-electron chi connectivity index (χ2n) is 4.52. The largest absolute Gasteiger partial charge is 0.479 e. The number of rotatable bonds is 5. The molecule has 7 heteroatoms. The third kappa shape index (κ3) is 3.43. The van der Waals surface area contributed by atoms with Gasteiger partial charge in [0, 0.05) is 17.0 Å². The van der Waals surface area contributed by atoms with Gasteiger partial charge in [0.1, 0.15) is 5.58 Å². The standard InChI is InChI=1S/C14H14BrNO5/c1-7-3-9(15)4-8-5-10(21-12(7)8)13(17)16-6-11(20-2)14(18)19/h3-5,11H,6H2,1-2H3,(H,16,17)(H,18,19). The summed E-state index contributed by atoms with van der Waals surface area (Å²) in [6, 6.07) is 5.35. The topological polar surface area (TPSA) is 88.8 Å². The van der Waals surface area contributed by atoms with E-state index in [1.54, 1.807) is 6.07 Å². The van der Waals surface area contributed by atoms with Crippen LogP contribution in [-0.4, -0.2) is 36.7 Å². The van der Waals surface area contributed by atoms with Gasteiger partial charge in [0.25, 0.3) is 5.91 Å². The average molecular weight is 356 g/mol. The van der Waals surface area contributed by atoms with Crippen LogP contribution in [0.1, 0.15) is 16.1 Å². The molecule has 0 saturated carbocycles. The van der Waals surface area contributed by atoms with E-state index < -0.39 is 18.0 Å². The summed E-state index contributed by atoms with van der Waals surface area (Å²) >= 11 is 3.38. The number of aliphatic carboxylic acids is 1. The van der Waals surface area contributed by atoms with Crippen LogP contribution in [0.4, 0.5) is 0 Å². The molecule has 2 N–H and O–H groups in total. The molecule has 112 valence electrons. The van der Waals surface area contributed by atoms with Crippen molar-refractivity contribution in [2.45, 2.75) is 13.0 Å². The van der Waals surface area contributed by atoms with E-state index in [-0.39, 0.29) is 12.3 Å². The number of carboxylic acids is 1. The van der Waals surface area contributed by atoms with Gasteiger partial charge in [-0.25, -0.2) is 4.79 Å². The van der Waals surface area contributed by atoms with E-state index >= 15 is 0 Å². The van der Waals surface area contributed by atoms with Gasteiger partial charge in [-0.1, -0.05) is 15.9 Å². The molecular weight excluding hydrogens is 342 g/mol. The highest BCUT2D eigenvalue weighted by atomic mass is 79.9. The second kappa shape index (κ2) is 6.28. The van der Waals surface area contributed by atoms with E-state index in [0.717, 1.165) is 15.4 Å². The van der Waals surface area contributed by atoms with E-state index in [0.29, 0.717) is 5.58 Å². The van der Waals surface area contributed by atoms with Crippen molar-refractivity contribution in [3.8, 4) is 0 Å². The molecule has 2 aromatic rings. The lowest BCUT2D eigenvalue weighted by atomic mass is 10.2. The molecule has 0 spiro atoms. The Morgan fingerprint density at radius 1 is 1.43 bits per heavy atom. The smallest absolute Gasteiger partial charge is 0.334 e. The van der Waals surface area contributed by atoms with Crippen molar-refractivity contribution >= 4 is 38.8 Å². The van der Waals surface area contributed by atoms with Crippen molar-refractivity contribution in [2.24, 2.45) is 0 Å². The summed E-state index contributed by atoms with van der Waals surface area (Å²) < 4.78 is 11.2. The number of furan rings is 1. The van der Waals surface area contributed by atoms with E-state index in [1.165, 1.54) is 7.11 Å². The molecule has 1 heterocycles. The number of nitrogens with one attached hydrogen (secondary N) is 1. The Morgan fingerprint density at radius 2 is 2.14 bits per heavy atom. The lowest BCUT2D eigenvalue weighted by molar-refractivity contribution is -0.148. The molecule has 0 fully saturated rings. The fourth-order valence-corrected chi connectivity index (χ4v) is 2.53. The summed E-state index contributed by atoms with van der Waals surface area (Å²) in [6.07, 6.45) is -1.09. The monoisotopic (exact) mass is 355 g/mol. The predicted molar refractivity (Wildman–Crippen MR) is 79.4 cm³/mol. The number of carboxylic acid groups (broad SMARTS) is 1. The summed E-state index contributed by atoms with van der Waals surface area (Å²) in [4.78, 5) is 22.8. The van der Waals surface area contributed by atoms with Crippen LogP contribution in [0.25, 0.3) is 11.0 Å². The molecule has 0 bridgehead atoms. The number of aryl methyl sites for hydroxylation is 1. The number of benzene rings is 1. The van der Waals surface area contributed by atoms with Gasteiger partial charge in [0.05, 0.1) is 6.54 Å². The summed E-state index contributed by atoms with van der Waals surface area (Å²) in [5.41, 5.74) is 1.53. The van der Waals surface area contributed by atoms with Crippen LogP contribution in [0.15, 0.2) is 27.1 Å². The van der Waals surface area contributed by atoms with Crippen molar-refractivity contribution in [1.29, 1.82) is 0 Å². The molecule has 6 nitrogen and oxygen atoms in total. The van der Waals surface area contributed by atoms with Crippen LogP contribution in [0.5, 0.6) is 0 Å². The highest BCUT2D eigenvalue weighted by Crippen LogP contribution is 2.26. The number of amides is 1. The molecule has 0 saturated heterocycles. The minimum Gasteiger partial charge on any atom is -0.479 e. The number of ether oxygens (including phenoxy) is 1. The van der Waals surface area contributed by atoms with E-state index in [4.69, 9.17) is 14.3 Å². The predicted octanol–water partition coefficient (Wildman–Crippen LogP) is 2.33. The van der Waals surface area contributed by atoms with Crippen LogP contribution in [0.2, 0.25) is 0 Å². The third-order valence-corrected chi connectivity index (χ3v) is 3.46. The molecule has 1 amide bonds. The first kappa shape index (κ1) is 15.5. The van der Waals surface area contributed by atoms with Gasteiger partial charge in [-0.05, 0) is 30.7 Å². The SMILES string of the molecule is COC(CNC(=O)c1cc2cc(Br)cc(C)c2o1)C(=O)O. The van der Waals surface area contributed by atoms with Crippen LogP contribution in [0, 0.1) is 6.92 Å². The number of methoxy groups -OCH3 is 1. The highest BCUT2D eigenvalue weighted by molar-refractivity contribution is 9.10. The zero-order chi connectivity index (χ0) is 15.6. The Kier molecular flexibility index (Phi) is 4.64. The zero-order valence-electron chi connectivity index (χ0n) is 11.5.